The Labute approximate surface area is 315 Å². The molecule has 0 saturated heterocycles. The van der Waals surface area contributed by atoms with E-state index >= 15 is 0 Å². The predicted octanol–water partition coefficient (Wildman–Crippen LogP) is -2.08. The van der Waals surface area contributed by atoms with Crippen LogP contribution in [0.3, 0.4) is 0 Å². The number of likely N-dealkylation sites (N-methyl/N-ethyl adjacent to an activating group) is 1. The third-order valence-corrected chi connectivity index (χ3v) is 9.69. The second-order valence-corrected chi connectivity index (χ2v) is 13.6. The van der Waals surface area contributed by atoms with Crippen LogP contribution < -0.4 is 25.8 Å². The number of aliphatic hydroxyl groups is 8. The molecule has 0 aliphatic carbocycles. The van der Waals surface area contributed by atoms with Gasteiger partial charge >= 0.3 is 0 Å². The van der Waals surface area contributed by atoms with Crippen molar-refractivity contribution >= 4 is 35.5 Å². The third kappa shape index (κ3) is 10.7. The van der Waals surface area contributed by atoms with Crippen LogP contribution >= 0.6 is 0 Å². The van der Waals surface area contributed by atoms with Crippen LogP contribution in [-0.4, -0.2) is 155 Å². The molecule has 0 fully saturated rings. The van der Waals surface area contributed by atoms with Gasteiger partial charge in [0.1, 0.15) is 0 Å². The fourth-order valence-corrected chi connectivity index (χ4v) is 6.65. The van der Waals surface area contributed by atoms with Crippen molar-refractivity contribution in [1.82, 2.24) is 16.0 Å². The molecule has 2 rings (SSSR count). The molecule has 0 aliphatic heterocycles. The van der Waals surface area contributed by atoms with Crippen LogP contribution in [0.15, 0.2) is 0 Å². The zero-order valence-electron chi connectivity index (χ0n) is 32.2. The van der Waals surface area contributed by atoms with Crippen LogP contribution in [0.5, 0.6) is 0 Å². The Balaban J connectivity index is 2.52. The van der Waals surface area contributed by atoms with Crippen molar-refractivity contribution < 1.29 is 60.0 Å². The number of carbonyl (C=O) groups is 4. The van der Waals surface area contributed by atoms with Crippen LogP contribution in [0, 0.1) is 48.5 Å². The van der Waals surface area contributed by atoms with Crippen LogP contribution in [0.2, 0.25) is 0 Å². The monoisotopic (exact) mass is 763 g/mol. The normalized spacial score (nSPS) is 14.1. The molecule has 0 aromatic heterocycles. The lowest BCUT2D eigenvalue weighted by Crippen LogP contribution is -2.45. The Morgan fingerprint density at radius 2 is 0.889 bits per heavy atom. The molecule has 0 aliphatic rings. The Bertz CT molecular complexity index is 1620. The van der Waals surface area contributed by atoms with E-state index in [9.17, 15) is 54.9 Å². The molecule has 302 valence electrons. The van der Waals surface area contributed by atoms with Crippen molar-refractivity contribution in [2.75, 3.05) is 69.4 Å². The topological polar surface area (TPSA) is 273 Å². The molecular formula is C37H57N5O12. The van der Waals surface area contributed by atoms with E-state index < -0.39 is 68.1 Å². The summed E-state index contributed by atoms with van der Waals surface area (Å²) in [6.07, 6.45) is -6.20. The fourth-order valence-electron chi connectivity index (χ4n) is 6.65. The summed E-state index contributed by atoms with van der Waals surface area (Å²) in [6, 6.07) is 0. The molecule has 0 heterocycles. The van der Waals surface area contributed by atoms with Crippen LogP contribution in [0.4, 0.5) is 11.4 Å². The van der Waals surface area contributed by atoms with Gasteiger partial charge in [-0.3, -0.25) is 19.2 Å². The molecule has 11 N–H and O–H groups in total. The maximum Gasteiger partial charge on any atom is 0.252 e. The van der Waals surface area contributed by atoms with E-state index in [1.165, 1.54) is 9.80 Å². The van der Waals surface area contributed by atoms with Crippen molar-refractivity contribution in [2.45, 2.75) is 79.0 Å². The maximum absolute atomic E-state index is 13.4. The van der Waals surface area contributed by atoms with Gasteiger partial charge in [-0.05, 0) is 87.4 Å². The van der Waals surface area contributed by atoms with Gasteiger partial charge in [-0.25, -0.2) is 0 Å². The zero-order chi connectivity index (χ0) is 41.2. The zero-order valence-corrected chi connectivity index (χ0v) is 32.2. The summed E-state index contributed by atoms with van der Waals surface area (Å²) < 4.78 is 0. The second-order valence-electron chi connectivity index (χ2n) is 13.6. The highest BCUT2D eigenvalue weighted by Gasteiger charge is 2.30. The van der Waals surface area contributed by atoms with Crippen LogP contribution in [-0.2, 0) is 4.79 Å². The molecule has 2 aromatic rings. The van der Waals surface area contributed by atoms with Crippen LogP contribution in [0.1, 0.15) is 70.0 Å². The van der Waals surface area contributed by atoms with Gasteiger partial charge in [0.15, 0.2) is 0 Å². The number of amides is 4. The average molecular weight is 764 g/mol. The molecule has 0 spiro atoms. The third-order valence-electron chi connectivity index (χ3n) is 9.69. The van der Waals surface area contributed by atoms with Crippen molar-refractivity contribution in [3.8, 4) is 0 Å². The van der Waals surface area contributed by atoms with E-state index in [1.54, 1.807) is 55.5 Å². The summed E-state index contributed by atoms with van der Waals surface area (Å²) in [5.74, 6) is -1.85. The molecule has 0 saturated carbocycles. The van der Waals surface area contributed by atoms with Crippen molar-refractivity contribution in [2.24, 2.45) is 0 Å². The van der Waals surface area contributed by atoms with Gasteiger partial charge in [-0.15, -0.1) is 0 Å². The number of nitrogens with one attached hydrogen (secondary N) is 3. The summed E-state index contributed by atoms with van der Waals surface area (Å²) in [7, 11) is 1.57. The van der Waals surface area contributed by atoms with E-state index in [1.807, 2.05) is 0 Å². The van der Waals surface area contributed by atoms with Gasteiger partial charge in [0.25, 0.3) is 17.7 Å². The highest BCUT2D eigenvalue weighted by atomic mass is 16.3. The van der Waals surface area contributed by atoms with Gasteiger partial charge in [-0.1, -0.05) is 0 Å². The Morgan fingerprint density at radius 3 is 1.26 bits per heavy atom. The van der Waals surface area contributed by atoms with Crippen molar-refractivity contribution in [1.29, 1.82) is 0 Å². The maximum atomic E-state index is 13.4. The van der Waals surface area contributed by atoms with E-state index in [0.29, 0.717) is 51.2 Å². The number of nitrogens with zero attached hydrogens (tertiary/aromatic N) is 2. The first-order valence-corrected chi connectivity index (χ1v) is 17.5. The summed E-state index contributed by atoms with van der Waals surface area (Å²) in [6.45, 7) is 8.56. The fraction of sp³-hybridized carbons (Fsp3) is 0.568. The summed E-state index contributed by atoms with van der Waals surface area (Å²) in [5, 5.41) is 87.2. The van der Waals surface area contributed by atoms with E-state index in [0.717, 1.165) is 0 Å². The van der Waals surface area contributed by atoms with Crippen molar-refractivity contribution in [3.63, 3.8) is 0 Å². The molecule has 5 unspecified atom stereocenters. The average Bonchev–Trinajstić information content (AvgIpc) is 3.13. The predicted molar refractivity (Wildman–Crippen MR) is 201 cm³/mol. The first-order valence-electron chi connectivity index (χ1n) is 17.5. The minimum atomic E-state index is -1.54. The number of aliphatic hydroxyl groups excluding tert-OH is 8. The first-order chi connectivity index (χ1) is 25.3. The van der Waals surface area contributed by atoms with Crippen molar-refractivity contribution in [3.05, 3.63) is 55.6 Å². The van der Waals surface area contributed by atoms with Crippen LogP contribution in [0.25, 0.3) is 0 Å². The molecule has 4 amide bonds. The molecule has 5 atom stereocenters. The number of benzene rings is 2. The molecule has 2 aromatic carbocycles. The second kappa shape index (κ2) is 20.5. The van der Waals surface area contributed by atoms with Gasteiger partial charge < -0.3 is 66.6 Å². The van der Waals surface area contributed by atoms with Gasteiger partial charge in [0, 0.05) is 55.6 Å². The summed E-state index contributed by atoms with van der Waals surface area (Å²) in [4.78, 5) is 55.3. The number of rotatable bonds is 20. The number of carbonyl (C=O) groups excluding carboxylic acids is 4. The van der Waals surface area contributed by atoms with E-state index in [2.05, 4.69) is 16.0 Å². The Hall–Kier alpha value is -4.20. The highest BCUT2D eigenvalue weighted by Crippen LogP contribution is 2.35. The lowest BCUT2D eigenvalue weighted by atomic mass is 9.89. The molecular weight excluding hydrogens is 706 g/mol. The molecule has 17 nitrogen and oxygen atoms in total. The molecule has 54 heavy (non-hydrogen) atoms. The molecule has 0 radical (unpaired) electrons. The lowest BCUT2D eigenvalue weighted by molar-refractivity contribution is -0.108. The largest absolute Gasteiger partial charge is 0.394 e. The van der Waals surface area contributed by atoms with E-state index in [4.69, 9.17) is 5.11 Å². The number of hydrogen-bond acceptors (Lipinski definition) is 13. The number of anilines is 2. The highest BCUT2D eigenvalue weighted by molar-refractivity contribution is 6.06. The smallest absolute Gasteiger partial charge is 0.252 e. The minimum absolute atomic E-state index is 0.0778. The summed E-state index contributed by atoms with van der Waals surface area (Å²) >= 11 is 0. The molecule has 0 bridgehead atoms. The van der Waals surface area contributed by atoms with Gasteiger partial charge in [0.05, 0.1) is 62.6 Å². The minimum Gasteiger partial charge on any atom is -0.394 e. The lowest BCUT2D eigenvalue weighted by Gasteiger charge is -2.33. The summed E-state index contributed by atoms with van der Waals surface area (Å²) in [5.41, 5.74) is 4.57. The number of hydrogen-bond donors (Lipinski definition) is 11. The molecule has 17 heteroatoms. The Kier molecular flexibility index (Phi) is 17.4. The van der Waals surface area contributed by atoms with Gasteiger partial charge in [-0.2, -0.15) is 0 Å². The Morgan fingerprint density at radius 1 is 0.537 bits per heavy atom. The van der Waals surface area contributed by atoms with Gasteiger partial charge in [0.2, 0.25) is 6.41 Å². The van der Waals surface area contributed by atoms with E-state index in [-0.39, 0.29) is 55.0 Å². The SMILES string of the molecule is Cc1c(C)c(C(=O)NCC(O)CO)c(C)c(N(C=O)CC(O)C(O)CN(C)c2c(C)c(C(=O)NCC(O)CO)c(C)c(C(=O)NCC(O)CO)c2C)c1C. The first kappa shape index (κ1) is 46.0. The quantitative estimate of drug-likeness (QED) is 0.0648. The standard InChI is InChI=1S/C37H57N5O12/c1-18-19(2)30(35(52)38-9-25(47)14-43)24(7)34(20(18)3)42(17-46)13-29(51)28(50)12-41(8)33-22(5)31(36(53)39-10-26(48)15-44)21(4)32(23(33)6)37(54)40-11-27(49)16-45/h17,25-29,43-45,47-51H,9-16H2,1-8H3,(H,38,52)(H,39,53)(H,40,54).